The smallest absolute Gasteiger partial charge is 0.198 e. The summed E-state index contributed by atoms with van der Waals surface area (Å²) in [6, 6.07) is 7.15. The second kappa shape index (κ2) is 6.76. The predicted octanol–water partition coefficient (Wildman–Crippen LogP) is 4.57. The Morgan fingerprint density at radius 2 is 2.16 bits per heavy atom. The van der Waals surface area contributed by atoms with Crippen LogP contribution < -0.4 is 4.74 Å². The standard InChI is InChI=1S/C16H19ClO2/c1-12(19-15-10-6-9-14(17)11-15)16(18)13-7-4-2-3-5-8-13/h6-7,9-12H,2-5,8H2,1H3. The highest BCUT2D eigenvalue weighted by Gasteiger charge is 2.19. The zero-order valence-corrected chi connectivity index (χ0v) is 12.0. The molecule has 0 heterocycles. The third-order valence-corrected chi connectivity index (χ3v) is 3.57. The fraction of sp³-hybridized carbons (Fsp3) is 0.438. The first-order valence-electron chi connectivity index (χ1n) is 6.82. The first kappa shape index (κ1) is 14.1. The molecule has 102 valence electrons. The van der Waals surface area contributed by atoms with Crippen LogP contribution in [-0.4, -0.2) is 11.9 Å². The molecule has 0 fully saturated rings. The Balaban J connectivity index is 2.00. The Kier molecular flexibility index (Phi) is 5.03. The van der Waals surface area contributed by atoms with Gasteiger partial charge in [-0.15, -0.1) is 0 Å². The van der Waals surface area contributed by atoms with Gasteiger partial charge in [0.25, 0.3) is 0 Å². The third kappa shape index (κ3) is 4.10. The molecule has 2 rings (SSSR count). The highest BCUT2D eigenvalue weighted by molar-refractivity contribution is 6.30. The normalized spacial score (nSPS) is 17.3. The molecule has 0 aromatic heterocycles. The summed E-state index contributed by atoms with van der Waals surface area (Å²) in [6.07, 6.45) is 6.99. The molecular formula is C16H19ClO2. The molecule has 1 aliphatic carbocycles. The van der Waals surface area contributed by atoms with E-state index in [0.717, 1.165) is 24.8 Å². The van der Waals surface area contributed by atoms with Gasteiger partial charge < -0.3 is 4.74 Å². The molecule has 1 aromatic carbocycles. The molecule has 0 bridgehead atoms. The fourth-order valence-corrected chi connectivity index (χ4v) is 2.48. The Bertz CT molecular complexity index is 479. The van der Waals surface area contributed by atoms with Gasteiger partial charge in [-0.1, -0.05) is 30.2 Å². The van der Waals surface area contributed by atoms with Crippen molar-refractivity contribution in [3.63, 3.8) is 0 Å². The van der Waals surface area contributed by atoms with E-state index >= 15 is 0 Å². The van der Waals surface area contributed by atoms with Crippen LogP contribution in [0.2, 0.25) is 5.02 Å². The number of ether oxygens (including phenoxy) is 1. The van der Waals surface area contributed by atoms with Gasteiger partial charge in [0.1, 0.15) is 5.75 Å². The Morgan fingerprint density at radius 1 is 1.32 bits per heavy atom. The van der Waals surface area contributed by atoms with Crippen molar-refractivity contribution in [1.29, 1.82) is 0 Å². The maximum atomic E-state index is 12.3. The van der Waals surface area contributed by atoms with Gasteiger partial charge in [0.15, 0.2) is 11.9 Å². The first-order valence-corrected chi connectivity index (χ1v) is 7.20. The van der Waals surface area contributed by atoms with E-state index in [0.29, 0.717) is 10.8 Å². The van der Waals surface area contributed by atoms with Crippen molar-refractivity contribution in [3.05, 3.63) is 40.9 Å². The molecule has 0 saturated carbocycles. The van der Waals surface area contributed by atoms with Crippen LogP contribution in [0.1, 0.15) is 39.0 Å². The Morgan fingerprint density at radius 3 is 2.95 bits per heavy atom. The van der Waals surface area contributed by atoms with Gasteiger partial charge in [-0.2, -0.15) is 0 Å². The highest BCUT2D eigenvalue weighted by Crippen LogP contribution is 2.22. The second-order valence-electron chi connectivity index (χ2n) is 4.91. The average molecular weight is 279 g/mol. The third-order valence-electron chi connectivity index (χ3n) is 3.34. The summed E-state index contributed by atoms with van der Waals surface area (Å²) >= 11 is 5.90. The highest BCUT2D eigenvalue weighted by atomic mass is 35.5. The number of ketones is 1. The fourth-order valence-electron chi connectivity index (χ4n) is 2.30. The van der Waals surface area contributed by atoms with Crippen molar-refractivity contribution in [2.24, 2.45) is 0 Å². The van der Waals surface area contributed by atoms with Gasteiger partial charge in [0.05, 0.1) is 0 Å². The van der Waals surface area contributed by atoms with Gasteiger partial charge in [0, 0.05) is 5.02 Å². The van der Waals surface area contributed by atoms with E-state index in [2.05, 4.69) is 6.08 Å². The minimum atomic E-state index is -0.456. The summed E-state index contributed by atoms with van der Waals surface area (Å²) in [5.41, 5.74) is 0.923. The van der Waals surface area contributed by atoms with Crippen molar-refractivity contribution in [1.82, 2.24) is 0 Å². The van der Waals surface area contributed by atoms with Crippen LogP contribution in [0, 0.1) is 0 Å². The SMILES string of the molecule is CC(Oc1cccc(Cl)c1)C(=O)C1=CCCCCC1. The Labute approximate surface area is 119 Å². The number of Topliss-reactive ketones (excluding diaryl/α,β-unsaturated/α-hetero) is 1. The molecule has 3 heteroatoms. The minimum absolute atomic E-state index is 0.0990. The average Bonchev–Trinajstić information content (AvgIpc) is 2.66. The molecule has 0 spiro atoms. The summed E-state index contributed by atoms with van der Waals surface area (Å²) in [5, 5.41) is 0.617. The number of carbonyl (C=O) groups is 1. The van der Waals surface area contributed by atoms with Gasteiger partial charge in [0.2, 0.25) is 0 Å². The van der Waals surface area contributed by atoms with Crippen LogP contribution in [0.25, 0.3) is 0 Å². The van der Waals surface area contributed by atoms with E-state index in [1.165, 1.54) is 12.8 Å². The second-order valence-corrected chi connectivity index (χ2v) is 5.35. The maximum Gasteiger partial charge on any atom is 0.198 e. The van der Waals surface area contributed by atoms with E-state index < -0.39 is 6.10 Å². The van der Waals surface area contributed by atoms with Crippen molar-refractivity contribution in [2.75, 3.05) is 0 Å². The minimum Gasteiger partial charge on any atom is -0.483 e. The molecule has 19 heavy (non-hydrogen) atoms. The van der Waals surface area contributed by atoms with Crippen molar-refractivity contribution >= 4 is 17.4 Å². The van der Waals surface area contributed by atoms with Crippen molar-refractivity contribution < 1.29 is 9.53 Å². The summed E-state index contributed by atoms with van der Waals surface area (Å²) in [4.78, 5) is 12.3. The molecule has 0 saturated heterocycles. The van der Waals surface area contributed by atoms with Crippen LogP contribution >= 0.6 is 11.6 Å². The quantitative estimate of drug-likeness (QED) is 0.807. The molecule has 1 unspecified atom stereocenters. The molecule has 1 atom stereocenters. The zero-order valence-electron chi connectivity index (χ0n) is 11.2. The predicted molar refractivity (Wildman–Crippen MR) is 77.7 cm³/mol. The van der Waals surface area contributed by atoms with E-state index in [1.54, 1.807) is 19.1 Å². The van der Waals surface area contributed by atoms with Gasteiger partial charge in [-0.25, -0.2) is 0 Å². The molecule has 0 amide bonds. The van der Waals surface area contributed by atoms with E-state index in [1.807, 2.05) is 12.1 Å². The Hall–Kier alpha value is -1.28. The summed E-state index contributed by atoms with van der Waals surface area (Å²) in [7, 11) is 0. The van der Waals surface area contributed by atoms with E-state index in [9.17, 15) is 4.79 Å². The number of rotatable bonds is 4. The molecular weight excluding hydrogens is 260 g/mol. The molecule has 1 aliphatic rings. The first-order chi connectivity index (χ1) is 9.16. The van der Waals surface area contributed by atoms with Crippen molar-refractivity contribution in [3.8, 4) is 5.75 Å². The van der Waals surface area contributed by atoms with Gasteiger partial charge >= 0.3 is 0 Å². The monoisotopic (exact) mass is 278 g/mol. The number of allylic oxidation sites excluding steroid dienone is 1. The van der Waals surface area contributed by atoms with Gasteiger partial charge in [-0.05, 0) is 56.4 Å². The van der Waals surface area contributed by atoms with Crippen LogP contribution in [0.15, 0.2) is 35.9 Å². The van der Waals surface area contributed by atoms with Crippen LogP contribution in [0.3, 0.4) is 0 Å². The molecule has 1 aromatic rings. The molecule has 0 radical (unpaired) electrons. The maximum absolute atomic E-state index is 12.3. The lowest BCUT2D eigenvalue weighted by atomic mass is 10.0. The van der Waals surface area contributed by atoms with E-state index in [-0.39, 0.29) is 5.78 Å². The zero-order chi connectivity index (χ0) is 13.7. The number of hydrogen-bond acceptors (Lipinski definition) is 2. The molecule has 0 aliphatic heterocycles. The molecule has 2 nitrogen and oxygen atoms in total. The number of halogens is 1. The number of benzene rings is 1. The number of hydrogen-bond donors (Lipinski definition) is 0. The summed E-state index contributed by atoms with van der Waals surface area (Å²) in [6.45, 7) is 1.80. The lowest BCUT2D eigenvalue weighted by Crippen LogP contribution is -2.25. The lowest BCUT2D eigenvalue weighted by molar-refractivity contribution is -0.121. The molecule has 0 N–H and O–H groups in total. The topological polar surface area (TPSA) is 26.3 Å². The largest absolute Gasteiger partial charge is 0.483 e. The lowest BCUT2D eigenvalue weighted by Gasteiger charge is -2.15. The van der Waals surface area contributed by atoms with Crippen LogP contribution in [0.4, 0.5) is 0 Å². The van der Waals surface area contributed by atoms with Crippen LogP contribution in [0.5, 0.6) is 5.75 Å². The van der Waals surface area contributed by atoms with E-state index in [4.69, 9.17) is 16.3 Å². The van der Waals surface area contributed by atoms with Gasteiger partial charge in [-0.3, -0.25) is 4.79 Å². The summed E-state index contributed by atoms with van der Waals surface area (Å²) in [5.74, 6) is 0.740. The number of carbonyl (C=O) groups excluding carboxylic acids is 1. The summed E-state index contributed by atoms with van der Waals surface area (Å²) < 4.78 is 5.68. The van der Waals surface area contributed by atoms with Crippen molar-refractivity contribution in [2.45, 2.75) is 45.1 Å². The van der Waals surface area contributed by atoms with Crippen LogP contribution in [-0.2, 0) is 4.79 Å².